The maximum absolute atomic E-state index is 15.0. The first-order valence-electron chi connectivity index (χ1n) is 9.00. The third-order valence-corrected chi connectivity index (χ3v) is 5.23. The Labute approximate surface area is 158 Å². The Kier molecular flexibility index (Phi) is 5.68. The zero-order valence-electron chi connectivity index (χ0n) is 15.5. The molecule has 0 N–H and O–H groups in total. The maximum Gasteiger partial charge on any atom is 0.280 e. The quantitative estimate of drug-likeness (QED) is 0.749. The number of pyridine rings is 1. The zero-order valence-corrected chi connectivity index (χ0v) is 15.5. The van der Waals surface area contributed by atoms with Crippen LogP contribution in [0.5, 0.6) is 0 Å². The number of piperidine rings is 1. The Bertz CT molecular complexity index is 821. The van der Waals surface area contributed by atoms with Gasteiger partial charge in [0, 0.05) is 18.7 Å². The number of carbonyl (C=O) groups excluding carboxylic acids is 1. The van der Waals surface area contributed by atoms with Crippen LogP contribution in [-0.2, 0) is 4.79 Å². The van der Waals surface area contributed by atoms with Gasteiger partial charge in [-0.1, -0.05) is 36.4 Å². The highest BCUT2D eigenvalue weighted by Crippen LogP contribution is 2.36. The summed E-state index contributed by atoms with van der Waals surface area (Å²) in [6, 6.07) is 13.8. The van der Waals surface area contributed by atoms with Crippen LogP contribution in [0, 0.1) is 0 Å². The van der Waals surface area contributed by atoms with E-state index < -0.39 is 18.5 Å². The molecule has 0 amide bonds. The molecule has 1 aromatic heterocycles. The van der Waals surface area contributed by atoms with Crippen molar-refractivity contribution in [2.45, 2.75) is 31.4 Å². The van der Waals surface area contributed by atoms with E-state index in [4.69, 9.17) is 0 Å². The van der Waals surface area contributed by atoms with E-state index in [1.807, 2.05) is 37.3 Å². The van der Waals surface area contributed by atoms with E-state index in [0.717, 1.165) is 5.56 Å². The molecule has 142 valence electrons. The SMILES string of the molecule is C[C@H](c1ccccc1)N(C)[C@@H]1CCN(c2cccc(C=C=O)n2)CC1(F)F. The van der Waals surface area contributed by atoms with Gasteiger partial charge in [0.05, 0.1) is 18.3 Å². The largest absolute Gasteiger partial charge is 0.350 e. The fraction of sp³-hybridized carbons (Fsp3) is 0.381. The molecule has 2 aromatic rings. The minimum atomic E-state index is -2.88. The van der Waals surface area contributed by atoms with Crippen molar-refractivity contribution in [3.05, 3.63) is 59.8 Å². The molecule has 0 unspecified atom stereocenters. The fourth-order valence-electron chi connectivity index (χ4n) is 3.62. The Morgan fingerprint density at radius 3 is 2.67 bits per heavy atom. The number of benzene rings is 1. The third kappa shape index (κ3) is 4.24. The number of aromatic nitrogens is 1. The van der Waals surface area contributed by atoms with E-state index in [1.54, 1.807) is 41.0 Å². The highest BCUT2D eigenvalue weighted by Gasteiger charge is 2.47. The molecule has 0 spiro atoms. The Hall–Kier alpha value is -2.56. The number of halogens is 2. The molecule has 2 heterocycles. The molecule has 0 radical (unpaired) electrons. The molecule has 1 aromatic carbocycles. The van der Waals surface area contributed by atoms with E-state index in [1.165, 1.54) is 6.08 Å². The summed E-state index contributed by atoms with van der Waals surface area (Å²) < 4.78 is 30.0. The van der Waals surface area contributed by atoms with E-state index in [-0.39, 0.29) is 6.04 Å². The molecule has 0 bridgehead atoms. The van der Waals surface area contributed by atoms with Crippen molar-refractivity contribution in [3.8, 4) is 0 Å². The van der Waals surface area contributed by atoms with Gasteiger partial charge in [0.15, 0.2) is 0 Å². The molecule has 1 aliphatic heterocycles. The summed E-state index contributed by atoms with van der Waals surface area (Å²) >= 11 is 0. The lowest BCUT2D eigenvalue weighted by molar-refractivity contribution is -0.0907. The van der Waals surface area contributed by atoms with Gasteiger partial charge in [0.25, 0.3) is 5.92 Å². The average molecular weight is 371 g/mol. The molecule has 2 atom stereocenters. The van der Waals surface area contributed by atoms with Crippen LogP contribution in [-0.4, -0.2) is 47.9 Å². The third-order valence-electron chi connectivity index (χ3n) is 5.23. The van der Waals surface area contributed by atoms with Gasteiger partial charge in [-0.3, -0.25) is 4.90 Å². The first kappa shape index (κ1) is 19.2. The zero-order chi connectivity index (χ0) is 19.4. The summed E-state index contributed by atoms with van der Waals surface area (Å²) in [6.45, 7) is 2.03. The van der Waals surface area contributed by atoms with Gasteiger partial charge in [-0.2, -0.15) is 0 Å². The van der Waals surface area contributed by atoms with Gasteiger partial charge in [0.2, 0.25) is 0 Å². The summed E-state index contributed by atoms with van der Waals surface area (Å²) in [4.78, 5) is 18.1. The van der Waals surface area contributed by atoms with E-state index in [2.05, 4.69) is 4.98 Å². The summed E-state index contributed by atoms with van der Waals surface area (Å²) in [5, 5.41) is 0. The standard InChI is InChI=1S/C21H23F2N3O/c1-16(17-7-4-3-5-8-17)25(2)19-11-13-26(15-21(19,22)23)20-10-6-9-18(24-20)12-14-27/h3-10,12,16,19H,11,13,15H2,1-2H3/t16-,19-/m1/s1. The van der Waals surface area contributed by atoms with Gasteiger partial charge < -0.3 is 4.90 Å². The van der Waals surface area contributed by atoms with Gasteiger partial charge in [0.1, 0.15) is 11.8 Å². The van der Waals surface area contributed by atoms with Crippen LogP contribution in [0.25, 0.3) is 6.08 Å². The monoisotopic (exact) mass is 371 g/mol. The highest BCUT2D eigenvalue weighted by atomic mass is 19.3. The Balaban J connectivity index is 1.75. The molecule has 3 rings (SSSR count). The minimum absolute atomic E-state index is 0.104. The topological polar surface area (TPSA) is 36.4 Å². The summed E-state index contributed by atoms with van der Waals surface area (Å²) in [5.74, 6) is -0.757. The number of alkyl halides is 2. The van der Waals surface area contributed by atoms with Gasteiger partial charge in [-0.05, 0) is 38.1 Å². The number of nitrogens with zero attached hydrogens (tertiary/aromatic N) is 3. The highest BCUT2D eigenvalue weighted by molar-refractivity contribution is 5.73. The minimum Gasteiger partial charge on any atom is -0.350 e. The van der Waals surface area contributed by atoms with Gasteiger partial charge in [-0.15, -0.1) is 0 Å². The molecule has 1 aliphatic rings. The van der Waals surface area contributed by atoms with Crippen molar-refractivity contribution >= 4 is 17.8 Å². The predicted octanol–water partition coefficient (Wildman–Crippen LogP) is 3.83. The van der Waals surface area contributed by atoms with E-state index >= 15 is 0 Å². The smallest absolute Gasteiger partial charge is 0.280 e. The van der Waals surface area contributed by atoms with Crippen molar-refractivity contribution < 1.29 is 13.6 Å². The second kappa shape index (κ2) is 7.99. The molecular weight excluding hydrogens is 348 g/mol. The van der Waals surface area contributed by atoms with Crippen LogP contribution in [0.1, 0.15) is 30.6 Å². The molecule has 6 heteroatoms. The average Bonchev–Trinajstić information content (AvgIpc) is 2.67. The Morgan fingerprint density at radius 2 is 2.00 bits per heavy atom. The van der Waals surface area contributed by atoms with Crippen LogP contribution in [0.3, 0.4) is 0 Å². The van der Waals surface area contributed by atoms with Crippen LogP contribution < -0.4 is 4.90 Å². The van der Waals surface area contributed by atoms with Crippen LogP contribution in [0.15, 0.2) is 48.5 Å². The molecule has 1 saturated heterocycles. The number of rotatable bonds is 5. The molecule has 27 heavy (non-hydrogen) atoms. The number of hydrogen-bond donors (Lipinski definition) is 0. The first-order valence-corrected chi connectivity index (χ1v) is 9.00. The summed E-state index contributed by atoms with van der Waals surface area (Å²) in [6.07, 6.45) is 1.53. The molecule has 0 aliphatic carbocycles. The van der Waals surface area contributed by atoms with Crippen molar-refractivity contribution in [2.75, 3.05) is 25.0 Å². The maximum atomic E-state index is 15.0. The Morgan fingerprint density at radius 1 is 1.26 bits per heavy atom. The van der Waals surface area contributed by atoms with Gasteiger partial charge in [-0.25, -0.2) is 18.6 Å². The lowest BCUT2D eigenvalue weighted by Gasteiger charge is -2.44. The van der Waals surface area contributed by atoms with Crippen molar-refractivity contribution in [3.63, 3.8) is 0 Å². The fourth-order valence-corrected chi connectivity index (χ4v) is 3.62. The molecular formula is C21H23F2N3O. The normalized spacial score (nSPS) is 20.2. The van der Waals surface area contributed by atoms with Gasteiger partial charge >= 0.3 is 0 Å². The lowest BCUT2D eigenvalue weighted by Crippen LogP contribution is -2.58. The molecule has 0 saturated carbocycles. The second-order valence-corrected chi connectivity index (χ2v) is 6.92. The molecule has 1 fully saturated rings. The van der Waals surface area contributed by atoms with Crippen molar-refractivity contribution in [1.29, 1.82) is 0 Å². The van der Waals surface area contributed by atoms with Crippen molar-refractivity contribution in [2.24, 2.45) is 0 Å². The summed E-state index contributed by atoms with van der Waals surface area (Å²) in [5.41, 5.74) is 1.44. The number of anilines is 1. The van der Waals surface area contributed by atoms with Crippen LogP contribution >= 0.6 is 0 Å². The first-order chi connectivity index (χ1) is 12.9. The van der Waals surface area contributed by atoms with Crippen LogP contribution in [0.4, 0.5) is 14.6 Å². The van der Waals surface area contributed by atoms with Crippen molar-refractivity contribution in [1.82, 2.24) is 9.88 Å². The summed E-state index contributed by atoms with van der Waals surface area (Å²) in [7, 11) is 1.76. The predicted molar refractivity (Wildman–Crippen MR) is 103 cm³/mol. The van der Waals surface area contributed by atoms with Crippen LogP contribution in [0.2, 0.25) is 0 Å². The lowest BCUT2D eigenvalue weighted by atomic mass is 9.96. The number of hydrogen-bond acceptors (Lipinski definition) is 4. The van der Waals surface area contributed by atoms with E-state index in [9.17, 15) is 13.6 Å². The molecule has 4 nitrogen and oxygen atoms in total. The second-order valence-electron chi connectivity index (χ2n) is 6.92. The van der Waals surface area contributed by atoms with E-state index in [0.29, 0.717) is 24.5 Å².